The molecule has 0 aromatic heterocycles. The van der Waals surface area contributed by atoms with Gasteiger partial charge in [-0.1, -0.05) is 0 Å². The molecule has 0 N–H and O–H groups in total. The third kappa shape index (κ3) is 5.92. The van der Waals surface area contributed by atoms with Crippen LogP contribution < -0.4 is 0 Å². The van der Waals surface area contributed by atoms with E-state index in [0.717, 1.165) is 0 Å². The summed E-state index contributed by atoms with van der Waals surface area (Å²) in [6.45, 7) is 1.63. The van der Waals surface area contributed by atoms with Gasteiger partial charge in [0.15, 0.2) is 5.97 Å². The first-order chi connectivity index (χ1) is 2.81. The number of hydrogen-bond acceptors (Lipinski definition) is 2. The fourth-order valence-corrected chi connectivity index (χ4v) is 0.118. The Balaban J connectivity index is 0. The van der Waals surface area contributed by atoms with Crippen LogP contribution in [0.4, 0.5) is 0 Å². The van der Waals surface area contributed by atoms with Crippen LogP contribution in [0.5, 0.6) is 0 Å². The topological polar surface area (TPSA) is 26.3 Å². The van der Waals surface area contributed by atoms with E-state index in [9.17, 15) is 4.79 Å². The van der Waals surface area contributed by atoms with Gasteiger partial charge < -0.3 is 4.74 Å². The largest absolute Gasteiger partial charge is 0.491 e. The van der Waals surface area contributed by atoms with Crippen molar-refractivity contribution in [3.63, 3.8) is 0 Å². The molecule has 0 rings (SSSR count). The maximum atomic E-state index is 9.90. The van der Waals surface area contributed by atoms with Crippen molar-refractivity contribution >= 4 is 5.97 Å². The standard InChI is InChI=1S/C4H7O2.V/c1-3-4(5)6-2;/h3H,1-2H3;/q-1;. The van der Waals surface area contributed by atoms with Crippen molar-refractivity contribution in [2.24, 2.45) is 0 Å². The number of ether oxygens (including phenoxy) is 1. The van der Waals surface area contributed by atoms with Gasteiger partial charge in [0.05, 0.1) is 7.11 Å². The third-order valence-corrected chi connectivity index (χ3v) is 0.437. The summed E-state index contributed by atoms with van der Waals surface area (Å²) in [5, 5.41) is 0. The first-order valence-corrected chi connectivity index (χ1v) is 1.68. The maximum Gasteiger partial charge on any atom is 0.166 e. The number of hydrogen-bond donors (Lipinski definition) is 0. The van der Waals surface area contributed by atoms with Crippen LogP contribution in [0.3, 0.4) is 0 Å². The molecule has 0 atom stereocenters. The number of carbonyl (C=O) groups excluding carboxylic acids is 1. The fourth-order valence-electron chi connectivity index (χ4n) is 0.118. The molecular weight excluding hydrogens is 131 g/mol. The zero-order chi connectivity index (χ0) is 4.99. The van der Waals surface area contributed by atoms with Crippen molar-refractivity contribution in [1.82, 2.24) is 0 Å². The smallest absolute Gasteiger partial charge is 0.166 e. The average molecular weight is 138 g/mol. The molecule has 2 nitrogen and oxygen atoms in total. The van der Waals surface area contributed by atoms with Crippen molar-refractivity contribution in [3.8, 4) is 0 Å². The quantitative estimate of drug-likeness (QED) is 0.386. The van der Waals surface area contributed by atoms with Crippen LogP contribution in [-0.4, -0.2) is 13.1 Å². The van der Waals surface area contributed by atoms with Gasteiger partial charge in [-0.05, 0) is 0 Å². The monoisotopic (exact) mass is 138 g/mol. The van der Waals surface area contributed by atoms with E-state index in [1.807, 2.05) is 0 Å². The first kappa shape index (κ1) is 10.0. The molecule has 0 aliphatic carbocycles. The van der Waals surface area contributed by atoms with Gasteiger partial charge in [0, 0.05) is 18.6 Å². The van der Waals surface area contributed by atoms with Gasteiger partial charge in [-0.25, -0.2) is 0 Å². The van der Waals surface area contributed by atoms with E-state index in [-0.39, 0.29) is 24.5 Å². The van der Waals surface area contributed by atoms with Crippen molar-refractivity contribution in [1.29, 1.82) is 0 Å². The molecule has 0 fully saturated rings. The van der Waals surface area contributed by atoms with Gasteiger partial charge in [-0.3, -0.25) is 11.2 Å². The molecule has 0 heterocycles. The Bertz CT molecular complexity index is 47.7. The second kappa shape index (κ2) is 5.92. The summed E-state index contributed by atoms with van der Waals surface area (Å²) in [6, 6.07) is 0. The minimum Gasteiger partial charge on any atom is -0.491 e. The Morgan fingerprint density at radius 2 is 2.14 bits per heavy atom. The van der Waals surface area contributed by atoms with E-state index >= 15 is 0 Å². The van der Waals surface area contributed by atoms with E-state index in [4.69, 9.17) is 0 Å². The summed E-state index contributed by atoms with van der Waals surface area (Å²) in [7, 11) is 1.35. The van der Waals surface area contributed by atoms with Crippen LogP contribution in [0.2, 0.25) is 0 Å². The summed E-state index contributed by atoms with van der Waals surface area (Å²) in [5.41, 5.74) is 0. The Morgan fingerprint density at radius 1 is 1.71 bits per heavy atom. The Morgan fingerprint density at radius 3 is 2.14 bits per heavy atom. The van der Waals surface area contributed by atoms with Gasteiger partial charge in [0.1, 0.15) is 0 Å². The van der Waals surface area contributed by atoms with Gasteiger partial charge in [0.25, 0.3) is 0 Å². The molecule has 1 radical (unpaired) electrons. The second-order valence-electron chi connectivity index (χ2n) is 0.812. The van der Waals surface area contributed by atoms with Gasteiger partial charge >= 0.3 is 0 Å². The zero-order valence-corrected chi connectivity index (χ0v) is 5.74. The molecule has 0 aromatic carbocycles. The van der Waals surface area contributed by atoms with Crippen LogP contribution in [0.15, 0.2) is 0 Å². The molecule has 0 spiro atoms. The molecule has 0 unspecified atom stereocenters. The van der Waals surface area contributed by atoms with E-state index in [0.29, 0.717) is 0 Å². The minimum atomic E-state index is -0.282. The van der Waals surface area contributed by atoms with Gasteiger partial charge in [-0.15, -0.1) is 0 Å². The molecule has 41 valence electrons. The van der Waals surface area contributed by atoms with Crippen LogP contribution in [0, 0.1) is 6.42 Å². The zero-order valence-electron chi connectivity index (χ0n) is 4.34. The number of methoxy groups -OCH3 is 1. The molecule has 0 aliphatic heterocycles. The normalized spacial score (nSPS) is 6.00. The second-order valence-corrected chi connectivity index (χ2v) is 0.812. The molecular formula is C4H7O2V-. The summed E-state index contributed by atoms with van der Waals surface area (Å²) in [5.74, 6) is -0.282. The first-order valence-electron chi connectivity index (χ1n) is 1.68. The summed E-state index contributed by atoms with van der Waals surface area (Å²) in [4.78, 5) is 9.90. The predicted molar refractivity (Wildman–Crippen MR) is 22.0 cm³/mol. The molecule has 0 aliphatic rings. The van der Waals surface area contributed by atoms with Crippen molar-refractivity contribution < 1.29 is 28.1 Å². The Kier molecular flexibility index (Phi) is 8.48. The van der Waals surface area contributed by atoms with E-state index in [2.05, 4.69) is 4.74 Å². The van der Waals surface area contributed by atoms with Crippen LogP contribution in [-0.2, 0) is 28.1 Å². The third-order valence-electron chi connectivity index (χ3n) is 0.437. The Hall–Kier alpha value is -0.0756. The average Bonchev–Trinajstić information content (AvgIpc) is 1.65. The van der Waals surface area contributed by atoms with E-state index < -0.39 is 0 Å². The SMILES string of the molecule is C[CH-]C(=O)OC.[V]. The molecule has 3 heteroatoms. The van der Waals surface area contributed by atoms with Crippen LogP contribution in [0.25, 0.3) is 0 Å². The van der Waals surface area contributed by atoms with Crippen molar-refractivity contribution in [3.05, 3.63) is 6.42 Å². The number of esters is 1. The van der Waals surface area contributed by atoms with Crippen molar-refractivity contribution in [2.45, 2.75) is 6.92 Å². The van der Waals surface area contributed by atoms with E-state index in [1.165, 1.54) is 13.5 Å². The molecule has 7 heavy (non-hydrogen) atoms. The summed E-state index contributed by atoms with van der Waals surface area (Å²) >= 11 is 0. The number of carbonyl (C=O) groups is 1. The predicted octanol–water partition coefficient (Wildman–Crippen LogP) is 0.381. The van der Waals surface area contributed by atoms with Crippen LogP contribution in [0.1, 0.15) is 6.92 Å². The maximum absolute atomic E-state index is 9.90. The number of rotatable bonds is 1. The Labute approximate surface area is 55.1 Å². The van der Waals surface area contributed by atoms with Gasteiger partial charge in [-0.2, -0.15) is 6.92 Å². The van der Waals surface area contributed by atoms with Crippen LogP contribution >= 0.6 is 0 Å². The summed E-state index contributed by atoms with van der Waals surface area (Å²) < 4.78 is 4.20. The summed E-state index contributed by atoms with van der Waals surface area (Å²) in [6.07, 6.45) is 1.36. The van der Waals surface area contributed by atoms with Crippen molar-refractivity contribution in [2.75, 3.05) is 7.11 Å². The molecule has 0 bridgehead atoms. The van der Waals surface area contributed by atoms with E-state index in [1.54, 1.807) is 6.92 Å². The molecule has 0 saturated carbocycles. The van der Waals surface area contributed by atoms with Gasteiger partial charge in [0.2, 0.25) is 0 Å². The molecule has 0 aromatic rings. The molecule has 0 amide bonds. The minimum absolute atomic E-state index is 0. The fraction of sp³-hybridized carbons (Fsp3) is 0.500. The molecule has 0 saturated heterocycles.